The molecule has 1 amide bonds. The summed E-state index contributed by atoms with van der Waals surface area (Å²) in [4.78, 5) is 32.6. The van der Waals surface area contributed by atoms with Gasteiger partial charge >= 0.3 is 0 Å². The van der Waals surface area contributed by atoms with Gasteiger partial charge in [-0.3, -0.25) is 14.7 Å². The number of benzene rings is 1. The van der Waals surface area contributed by atoms with Crippen molar-refractivity contribution in [1.82, 2.24) is 24.8 Å². The highest BCUT2D eigenvalue weighted by atomic mass is 35.5. The molecule has 1 unspecified atom stereocenters. The van der Waals surface area contributed by atoms with Crippen LogP contribution >= 0.6 is 22.9 Å². The fraction of sp³-hybridized carbons (Fsp3) is 0.355. The second-order valence-electron chi connectivity index (χ2n) is 10.6. The molecule has 4 aromatic rings. The fourth-order valence-electron chi connectivity index (χ4n) is 5.55. The van der Waals surface area contributed by atoms with Crippen LogP contribution in [0.5, 0.6) is 5.75 Å². The number of amides is 1. The summed E-state index contributed by atoms with van der Waals surface area (Å²) in [5, 5.41) is 14.4. The largest absolute Gasteiger partial charge is 0.486 e. The number of nitrogens with zero attached hydrogens (tertiary/aromatic N) is 5. The minimum Gasteiger partial charge on any atom is -0.486 e. The van der Waals surface area contributed by atoms with Crippen LogP contribution in [-0.2, 0) is 24.4 Å². The molecule has 0 bridgehead atoms. The van der Waals surface area contributed by atoms with Crippen molar-refractivity contribution in [3.8, 4) is 5.75 Å². The first-order valence-corrected chi connectivity index (χ1v) is 15.4. The maximum Gasteiger partial charge on any atom is 0.246 e. The molecular weight excluding hydrogens is 572 g/mol. The average molecular weight is 605 g/mol. The van der Waals surface area contributed by atoms with E-state index in [-0.39, 0.29) is 12.5 Å². The lowest BCUT2D eigenvalue weighted by atomic mass is 9.99. The molecule has 9 nitrogen and oxygen atoms in total. The zero-order valence-electron chi connectivity index (χ0n) is 23.2. The Morgan fingerprint density at radius 2 is 2.14 bits per heavy atom. The van der Waals surface area contributed by atoms with Crippen LogP contribution in [0.15, 0.2) is 61.1 Å². The second-order valence-corrected chi connectivity index (χ2v) is 12.1. The maximum absolute atomic E-state index is 13.0. The van der Waals surface area contributed by atoms with Gasteiger partial charge in [0.1, 0.15) is 29.3 Å². The van der Waals surface area contributed by atoms with E-state index in [2.05, 4.69) is 25.2 Å². The van der Waals surface area contributed by atoms with Crippen molar-refractivity contribution in [2.45, 2.75) is 32.4 Å². The number of pyridine rings is 1. The van der Waals surface area contributed by atoms with E-state index in [1.807, 2.05) is 47.4 Å². The van der Waals surface area contributed by atoms with E-state index >= 15 is 0 Å². The van der Waals surface area contributed by atoms with Gasteiger partial charge in [0.2, 0.25) is 5.91 Å². The van der Waals surface area contributed by atoms with E-state index in [0.717, 1.165) is 71.2 Å². The maximum atomic E-state index is 13.0. The molecule has 42 heavy (non-hydrogen) atoms. The normalized spacial score (nSPS) is 17.5. The molecule has 1 saturated heterocycles. The zero-order chi connectivity index (χ0) is 28.9. The van der Waals surface area contributed by atoms with E-state index in [1.54, 1.807) is 29.9 Å². The minimum atomic E-state index is 0.0262. The summed E-state index contributed by atoms with van der Waals surface area (Å²) in [5.74, 6) is 1.67. The van der Waals surface area contributed by atoms with Crippen molar-refractivity contribution in [2.24, 2.45) is 5.92 Å². The monoisotopic (exact) mass is 604 g/mol. The van der Waals surface area contributed by atoms with E-state index in [0.29, 0.717) is 36.4 Å². The number of nitrogens with one attached hydrogen (secondary N) is 1. The van der Waals surface area contributed by atoms with Crippen molar-refractivity contribution >= 4 is 50.6 Å². The van der Waals surface area contributed by atoms with Crippen molar-refractivity contribution in [3.63, 3.8) is 0 Å². The van der Waals surface area contributed by atoms with Crippen LogP contribution in [0, 0.1) is 5.92 Å². The summed E-state index contributed by atoms with van der Waals surface area (Å²) in [6, 6.07) is 11.3. The molecule has 0 spiro atoms. The number of halogens is 1. The number of hydrogen-bond acceptors (Lipinski definition) is 9. The zero-order valence-corrected chi connectivity index (χ0v) is 24.8. The number of anilines is 2. The Kier molecular flexibility index (Phi) is 8.95. The van der Waals surface area contributed by atoms with Gasteiger partial charge in [-0.1, -0.05) is 23.7 Å². The van der Waals surface area contributed by atoms with Crippen LogP contribution < -0.4 is 10.1 Å². The second kappa shape index (κ2) is 13.2. The minimum absolute atomic E-state index is 0.0262. The highest BCUT2D eigenvalue weighted by molar-refractivity contribution is 7.19. The summed E-state index contributed by atoms with van der Waals surface area (Å²) in [7, 11) is 0. The van der Waals surface area contributed by atoms with Gasteiger partial charge < -0.3 is 20.1 Å². The number of fused-ring (bicyclic) bond motifs is 3. The summed E-state index contributed by atoms with van der Waals surface area (Å²) in [6.07, 6.45) is 9.85. The first kappa shape index (κ1) is 28.5. The van der Waals surface area contributed by atoms with Gasteiger partial charge in [-0.25, -0.2) is 9.97 Å². The molecule has 11 heteroatoms. The van der Waals surface area contributed by atoms with Gasteiger partial charge in [0.15, 0.2) is 0 Å². The number of rotatable bonds is 9. The quantitative estimate of drug-likeness (QED) is 0.251. The molecule has 5 heterocycles. The molecule has 1 atom stereocenters. The van der Waals surface area contributed by atoms with Crippen molar-refractivity contribution in [2.75, 3.05) is 38.1 Å². The van der Waals surface area contributed by atoms with Crippen LogP contribution in [0.4, 0.5) is 11.5 Å². The fourth-order valence-corrected chi connectivity index (χ4v) is 6.99. The molecule has 0 saturated carbocycles. The Balaban J connectivity index is 1.11. The van der Waals surface area contributed by atoms with Gasteiger partial charge in [-0.05, 0) is 67.6 Å². The van der Waals surface area contributed by atoms with E-state index < -0.39 is 0 Å². The molecular formula is C31H33ClN6O3S. The number of carbonyl (C=O) groups excluding carboxylic acids is 1. The number of ether oxygens (including phenoxy) is 1. The van der Waals surface area contributed by atoms with Gasteiger partial charge in [-0.15, -0.1) is 11.3 Å². The first-order chi connectivity index (χ1) is 20.6. The number of aliphatic hydroxyl groups is 1. The lowest BCUT2D eigenvalue weighted by molar-refractivity contribution is -0.126. The highest BCUT2D eigenvalue weighted by Gasteiger charge is 2.26. The summed E-state index contributed by atoms with van der Waals surface area (Å²) < 4.78 is 5.86. The molecule has 0 aliphatic carbocycles. The third-order valence-corrected chi connectivity index (χ3v) is 9.15. The van der Waals surface area contributed by atoms with Gasteiger partial charge in [-0.2, -0.15) is 0 Å². The molecule has 2 N–H and O–H groups in total. The number of thiophene rings is 1. The Morgan fingerprint density at radius 3 is 2.98 bits per heavy atom. The number of carbonyl (C=O) groups is 1. The summed E-state index contributed by atoms with van der Waals surface area (Å²) in [5.41, 5.74) is 2.81. The smallest absolute Gasteiger partial charge is 0.246 e. The Morgan fingerprint density at radius 1 is 1.21 bits per heavy atom. The molecule has 1 aromatic carbocycles. The predicted octanol–water partition coefficient (Wildman–Crippen LogP) is 5.21. The van der Waals surface area contributed by atoms with E-state index in [9.17, 15) is 9.90 Å². The van der Waals surface area contributed by atoms with E-state index in [1.165, 1.54) is 5.56 Å². The first-order valence-electron chi connectivity index (χ1n) is 14.2. The number of aliphatic hydroxyl groups excluding tert-OH is 1. The molecule has 1 fully saturated rings. The Hall–Kier alpha value is -3.57. The highest BCUT2D eigenvalue weighted by Crippen LogP contribution is 2.39. The molecule has 3 aromatic heterocycles. The standard InChI is InChI=1S/C31H33ClN6O3S/c32-25-15-22(8-9-26(25)41-19-23-6-1-2-11-33-23)36-30-29-24-10-14-38(17-27(24)42-31(29)35-20-34-30)28(40)7-4-13-37-12-3-5-21(16-37)18-39/h1-2,4,6-9,11,15,20-21,39H,3,5,10,12-14,16-19H2,(H,34,35,36)/b7-4+. The van der Waals surface area contributed by atoms with Gasteiger partial charge in [0.25, 0.3) is 0 Å². The van der Waals surface area contributed by atoms with Gasteiger partial charge in [0, 0.05) is 49.1 Å². The summed E-state index contributed by atoms with van der Waals surface area (Å²) in [6.45, 7) is 4.39. The number of likely N-dealkylation sites (tertiary alicyclic amines) is 1. The molecule has 218 valence electrons. The van der Waals surface area contributed by atoms with Crippen LogP contribution in [0.1, 0.15) is 29.0 Å². The van der Waals surface area contributed by atoms with E-state index in [4.69, 9.17) is 16.3 Å². The SMILES string of the molecule is O=C(/C=C/CN1CCCC(CO)C1)N1CCc2c(sc3ncnc(Nc4ccc(OCc5ccccn5)c(Cl)c4)c23)C1. The molecule has 0 radical (unpaired) electrons. The Bertz CT molecular complexity index is 1580. The van der Waals surface area contributed by atoms with Crippen molar-refractivity contribution in [1.29, 1.82) is 0 Å². The topological polar surface area (TPSA) is 104 Å². The number of piperidine rings is 1. The predicted molar refractivity (Wildman–Crippen MR) is 165 cm³/mol. The lowest BCUT2D eigenvalue weighted by Crippen LogP contribution is -2.37. The molecule has 6 rings (SSSR count). The number of aromatic nitrogens is 3. The number of hydrogen-bond donors (Lipinski definition) is 2. The van der Waals surface area contributed by atoms with Crippen molar-refractivity contribution < 1.29 is 14.6 Å². The molecule has 2 aliphatic heterocycles. The average Bonchev–Trinajstić information content (AvgIpc) is 3.40. The van der Waals surface area contributed by atoms with Crippen LogP contribution in [0.25, 0.3) is 10.2 Å². The van der Waals surface area contributed by atoms with Gasteiger partial charge in [0.05, 0.1) is 22.6 Å². The lowest BCUT2D eigenvalue weighted by Gasteiger charge is -2.31. The third-order valence-electron chi connectivity index (χ3n) is 7.73. The molecule has 2 aliphatic rings. The van der Waals surface area contributed by atoms with Crippen LogP contribution in [0.2, 0.25) is 5.02 Å². The van der Waals surface area contributed by atoms with Crippen molar-refractivity contribution in [3.05, 3.63) is 82.2 Å². The summed E-state index contributed by atoms with van der Waals surface area (Å²) >= 11 is 8.15. The Labute approximate surface area is 253 Å². The van der Waals surface area contributed by atoms with Crippen LogP contribution in [-0.4, -0.2) is 68.6 Å². The third kappa shape index (κ3) is 6.57. The van der Waals surface area contributed by atoms with Crippen LogP contribution in [0.3, 0.4) is 0 Å².